The maximum Gasteiger partial charge on any atom is 0.337 e. The van der Waals surface area contributed by atoms with E-state index in [0.717, 1.165) is 0 Å². The van der Waals surface area contributed by atoms with Crippen molar-refractivity contribution in [3.05, 3.63) is 39.8 Å². The fourth-order valence-electron chi connectivity index (χ4n) is 1.67. The molecule has 0 bridgehead atoms. The molecule has 0 aliphatic rings. The van der Waals surface area contributed by atoms with Gasteiger partial charge in [0.15, 0.2) is 0 Å². The smallest absolute Gasteiger partial charge is 0.337 e. The highest BCUT2D eigenvalue weighted by Gasteiger charge is 2.14. The Kier molecular flexibility index (Phi) is 4.91. The molecule has 0 unspecified atom stereocenters. The van der Waals surface area contributed by atoms with Crippen LogP contribution in [0.2, 0.25) is 0 Å². The largest absolute Gasteiger partial charge is 0.465 e. The van der Waals surface area contributed by atoms with Gasteiger partial charge < -0.3 is 10.1 Å². The molecule has 0 aromatic heterocycles. The minimum Gasteiger partial charge on any atom is -0.465 e. The standard InChI is InChI=1S/C12H14N4O3/c1-7(14-8(2)17)10-5-4-9(12(18)19-3)6-11(10)15-16-13/h4-7H,1-3H3,(H,14,17)/t7-/m1/s1. The second-order valence-corrected chi connectivity index (χ2v) is 3.88. The first-order valence-electron chi connectivity index (χ1n) is 5.54. The highest BCUT2D eigenvalue weighted by Crippen LogP contribution is 2.27. The van der Waals surface area contributed by atoms with Gasteiger partial charge >= 0.3 is 5.97 Å². The van der Waals surface area contributed by atoms with Crippen LogP contribution in [0.1, 0.15) is 35.8 Å². The Bertz CT molecular complexity index is 550. The molecule has 0 aliphatic carbocycles. The summed E-state index contributed by atoms with van der Waals surface area (Å²) in [7, 11) is 1.27. The summed E-state index contributed by atoms with van der Waals surface area (Å²) >= 11 is 0. The monoisotopic (exact) mass is 262 g/mol. The van der Waals surface area contributed by atoms with Crippen LogP contribution in [0.25, 0.3) is 10.4 Å². The zero-order valence-electron chi connectivity index (χ0n) is 10.9. The number of methoxy groups -OCH3 is 1. The van der Waals surface area contributed by atoms with Crippen LogP contribution < -0.4 is 5.32 Å². The van der Waals surface area contributed by atoms with Crippen molar-refractivity contribution in [2.24, 2.45) is 5.11 Å². The first kappa shape index (κ1) is 14.5. The number of hydrogen-bond acceptors (Lipinski definition) is 4. The van der Waals surface area contributed by atoms with Crippen LogP contribution in [0.3, 0.4) is 0 Å². The molecule has 7 nitrogen and oxygen atoms in total. The van der Waals surface area contributed by atoms with Crippen LogP contribution in [0.15, 0.2) is 23.3 Å². The second kappa shape index (κ2) is 6.42. The van der Waals surface area contributed by atoms with Crippen LogP contribution in [0, 0.1) is 0 Å². The van der Waals surface area contributed by atoms with Crippen molar-refractivity contribution >= 4 is 17.6 Å². The van der Waals surface area contributed by atoms with Gasteiger partial charge in [-0.1, -0.05) is 11.2 Å². The summed E-state index contributed by atoms with van der Waals surface area (Å²) in [5, 5.41) is 6.22. The summed E-state index contributed by atoms with van der Waals surface area (Å²) < 4.78 is 4.59. The number of carbonyl (C=O) groups excluding carboxylic acids is 2. The average molecular weight is 262 g/mol. The SMILES string of the molecule is COC(=O)c1ccc([C@@H](C)NC(C)=O)c(N=[N+]=[N-])c1. The van der Waals surface area contributed by atoms with Crippen LogP contribution in [0.4, 0.5) is 5.69 Å². The number of azide groups is 1. The van der Waals surface area contributed by atoms with Crippen molar-refractivity contribution < 1.29 is 14.3 Å². The number of esters is 1. The lowest BCUT2D eigenvalue weighted by Gasteiger charge is -2.15. The molecule has 1 N–H and O–H groups in total. The molecule has 1 rings (SSSR count). The van der Waals surface area contributed by atoms with E-state index in [-0.39, 0.29) is 23.2 Å². The van der Waals surface area contributed by atoms with E-state index in [0.29, 0.717) is 5.56 Å². The number of rotatable bonds is 4. The van der Waals surface area contributed by atoms with E-state index in [4.69, 9.17) is 5.53 Å². The number of carbonyl (C=O) groups is 2. The van der Waals surface area contributed by atoms with E-state index in [1.165, 1.54) is 20.1 Å². The Morgan fingerprint density at radius 3 is 2.68 bits per heavy atom. The average Bonchev–Trinajstić information content (AvgIpc) is 2.37. The van der Waals surface area contributed by atoms with E-state index in [1.54, 1.807) is 19.1 Å². The summed E-state index contributed by atoms with van der Waals surface area (Å²) in [4.78, 5) is 25.1. The lowest BCUT2D eigenvalue weighted by Crippen LogP contribution is -2.23. The molecular formula is C12H14N4O3. The topological polar surface area (TPSA) is 104 Å². The number of amides is 1. The van der Waals surface area contributed by atoms with Crippen LogP contribution in [-0.2, 0) is 9.53 Å². The lowest BCUT2D eigenvalue weighted by molar-refractivity contribution is -0.119. The molecule has 1 amide bonds. The van der Waals surface area contributed by atoms with E-state index in [2.05, 4.69) is 20.1 Å². The molecule has 0 heterocycles. The van der Waals surface area contributed by atoms with Gasteiger partial charge in [-0.2, -0.15) is 0 Å². The molecule has 1 aromatic carbocycles. The first-order chi connectivity index (χ1) is 8.99. The van der Waals surface area contributed by atoms with Gasteiger partial charge in [-0.25, -0.2) is 4.79 Å². The van der Waals surface area contributed by atoms with Gasteiger partial charge in [0.2, 0.25) is 5.91 Å². The summed E-state index contributed by atoms with van der Waals surface area (Å²) in [6.45, 7) is 3.15. The van der Waals surface area contributed by atoms with Crippen molar-refractivity contribution in [2.75, 3.05) is 7.11 Å². The van der Waals surface area contributed by atoms with E-state index in [9.17, 15) is 9.59 Å². The molecule has 0 fully saturated rings. The van der Waals surface area contributed by atoms with Crippen LogP contribution >= 0.6 is 0 Å². The second-order valence-electron chi connectivity index (χ2n) is 3.88. The number of nitrogens with one attached hydrogen (secondary N) is 1. The van der Waals surface area contributed by atoms with Crippen LogP contribution in [-0.4, -0.2) is 19.0 Å². The Morgan fingerprint density at radius 2 is 2.16 bits per heavy atom. The minimum atomic E-state index is -0.520. The summed E-state index contributed by atoms with van der Waals surface area (Å²) in [6.07, 6.45) is 0. The highest BCUT2D eigenvalue weighted by molar-refractivity contribution is 5.90. The van der Waals surface area contributed by atoms with Crippen molar-refractivity contribution in [3.63, 3.8) is 0 Å². The summed E-state index contributed by atoms with van der Waals surface area (Å²) in [5.74, 6) is -0.718. The number of ether oxygens (including phenoxy) is 1. The molecule has 1 aromatic rings. The predicted molar refractivity (Wildman–Crippen MR) is 68.8 cm³/mol. The number of hydrogen-bond donors (Lipinski definition) is 1. The van der Waals surface area contributed by atoms with Gasteiger partial charge in [0.25, 0.3) is 0 Å². The van der Waals surface area contributed by atoms with E-state index >= 15 is 0 Å². The molecule has 7 heteroatoms. The maximum atomic E-state index is 11.4. The van der Waals surface area contributed by atoms with E-state index in [1.807, 2.05) is 0 Å². The zero-order chi connectivity index (χ0) is 14.4. The molecule has 0 saturated heterocycles. The summed E-state index contributed by atoms with van der Waals surface area (Å²) in [5.41, 5.74) is 9.74. The number of nitrogens with zero attached hydrogens (tertiary/aromatic N) is 3. The lowest BCUT2D eigenvalue weighted by atomic mass is 10.0. The molecule has 0 spiro atoms. The molecule has 19 heavy (non-hydrogen) atoms. The predicted octanol–water partition coefficient (Wildman–Crippen LogP) is 2.61. The Balaban J connectivity index is 3.21. The third-order valence-corrected chi connectivity index (χ3v) is 2.49. The first-order valence-corrected chi connectivity index (χ1v) is 5.54. The molecule has 0 aliphatic heterocycles. The van der Waals surface area contributed by atoms with Crippen molar-refractivity contribution in [1.29, 1.82) is 0 Å². The number of benzene rings is 1. The van der Waals surface area contributed by atoms with E-state index < -0.39 is 5.97 Å². The van der Waals surface area contributed by atoms with Gasteiger partial charge in [-0.05, 0) is 30.2 Å². The highest BCUT2D eigenvalue weighted by atomic mass is 16.5. The van der Waals surface area contributed by atoms with Gasteiger partial charge in [0.05, 0.1) is 18.7 Å². The molecule has 0 saturated carbocycles. The fourth-order valence-corrected chi connectivity index (χ4v) is 1.67. The van der Waals surface area contributed by atoms with Gasteiger partial charge in [-0.15, -0.1) is 0 Å². The molecule has 0 radical (unpaired) electrons. The zero-order valence-corrected chi connectivity index (χ0v) is 10.9. The quantitative estimate of drug-likeness (QED) is 0.390. The molecular weight excluding hydrogens is 248 g/mol. The van der Waals surface area contributed by atoms with Crippen molar-refractivity contribution in [1.82, 2.24) is 5.32 Å². The van der Waals surface area contributed by atoms with Gasteiger partial charge in [-0.3, -0.25) is 4.79 Å². The van der Waals surface area contributed by atoms with Crippen molar-refractivity contribution in [2.45, 2.75) is 19.9 Å². The summed E-state index contributed by atoms with van der Waals surface area (Å²) in [6, 6.07) is 4.27. The van der Waals surface area contributed by atoms with Crippen LogP contribution in [0.5, 0.6) is 0 Å². The minimum absolute atomic E-state index is 0.198. The Morgan fingerprint density at radius 1 is 1.47 bits per heavy atom. The molecule has 100 valence electrons. The maximum absolute atomic E-state index is 11.4. The third kappa shape index (κ3) is 3.72. The Hall–Kier alpha value is -2.53. The molecule has 1 atom stereocenters. The van der Waals surface area contributed by atoms with Gasteiger partial charge in [0, 0.05) is 17.5 Å². The normalized spacial score (nSPS) is 11.1. The fraction of sp³-hybridized carbons (Fsp3) is 0.333. The van der Waals surface area contributed by atoms with Crippen molar-refractivity contribution in [3.8, 4) is 0 Å². The Labute approximate surface area is 110 Å². The van der Waals surface area contributed by atoms with Gasteiger partial charge in [0.1, 0.15) is 0 Å². The third-order valence-electron chi connectivity index (χ3n) is 2.49.